The van der Waals surface area contributed by atoms with Crippen molar-refractivity contribution in [2.75, 3.05) is 7.05 Å². The van der Waals surface area contributed by atoms with Crippen LogP contribution < -0.4 is 0 Å². The van der Waals surface area contributed by atoms with E-state index >= 15 is 0 Å². The van der Waals surface area contributed by atoms with E-state index in [1.807, 2.05) is 29.9 Å². The summed E-state index contributed by atoms with van der Waals surface area (Å²) in [7, 11) is 1.81. The van der Waals surface area contributed by atoms with Crippen LogP contribution in [-0.2, 0) is 13.0 Å². The van der Waals surface area contributed by atoms with Crippen LogP contribution >= 0.6 is 22.7 Å². The van der Waals surface area contributed by atoms with Gasteiger partial charge in [-0.15, -0.1) is 22.7 Å². The number of hydrogen-bond acceptors (Lipinski definition) is 5. The van der Waals surface area contributed by atoms with Crippen molar-refractivity contribution < 1.29 is 4.79 Å². The minimum Gasteiger partial charge on any atom is -0.336 e. The normalized spacial score (nSPS) is 10.8. The Kier molecular flexibility index (Phi) is 5.37. The highest BCUT2D eigenvalue weighted by atomic mass is 32.1. The zero-order chi connectivity index (χ0) is 16.9. The van der Waals surface area contributed by atoms with E-state index in [0.29, 0.717) is 12.1 Å². The third-order valence-corrected chi connectivity index (χ3v) is 5.53. The second-order valence-electron chi connectivity index (χ2n) is 5.57. The number of hydrogen-bond donors (Lipinski definition) is 0. The molecule has 0 atom stereocenters. The molecule has 3 heterocycles. The van der Waals surface area contributed by atoms with Crippen LogP contribution in [0.3, 0.4) is 0 Å². The largest absolute Gasteiger partial charge is 0.336 e. The Balaban J connectivity index is 1.69. The van der Waals surface area contributed by atoms with Gasteiger partial charge in [0.05, 0.1) is 17.1 Å². The molecule has 24 heavy (non-hydrogen) atoms. The highest BCUT2D eigenvalue weighted by molar-refractivity contribution is 7.20. The average Bonchev–Trinajstić information content (AvgIpc) is 3.26. The molecule has 0 N–H and O–H groups in total. The molecular formula is C18H19N3OS2. The summed E-state index contributed by atoms with van der Waals surface area (Å²) in [6, 6.07) is 7.75. The molecule has 3 rings (SSSR count). The van der Waals surface area contributed by atoms with Gasteiger partial charge in [-0.2, -0.15) is 0 Å². The minimum atomic E-state index is 0.000395. The molecule has 0 radical (unpaired) electrons. The fourth-order valence-electron chi connectivity index (χ4n) is 2.43. The van der Waals surface area contributed by atoms with Gasteiger partial charge < -0.3 is 4.90 Å². The first-order chi connectivity index (χ1) is 11.7. The Morgan fingerprint density at radius 2 is 2.12 bits per heavy atom. The summed E-state index contributed by atoms with van der Waals surface area (Å²) in [6.07, 6.45) is 3.62. The Hall–Kier alpha value is -2.05. The number of nitrogens with zero attached hydrogens (tertiary/aromatic N) is 3. The molecule has 1 amide bonds. The van der Waals surface area contributed by atoms with Gasteiger partial charge in [0, 0.05) is 29.9 Å². The zero-order valence-electron chi connectivity index (χ0n) is 13.7. The number of aromatic nitrogens is 2. The summed E-state index contributed by atoms with van der Waals surface area (Å²) in [5.41, 5.74) is 2.57. The molecule has 124 valence electrons. The van der Waals surface area contributed by atoms with Crippen molar-refractivity contribution in [3.05, 3.63) is 58.2 Å². The maximum atomic E-state index is 12.6. The van der Waals surface area contributed by atoms with Crippen LogP contribution in [-0.4, -0.2) is 27.8 Å². The van der Waals surface area contributed by atoms with Crippen molar-refractivity contribution in [1.82, 2.24) is 14.9 Å². The SMILES string of the molecule is CCCc1cc(C(=O)N(C)Cc2csc(-c3cccs3)n2)ccn1. The summed E-state index contributed by atoms with van der Waals surface area (Å²) in [5, 5.41) is 5.08. The van der Waals surface area contributed by atoms with E-state index in [2.05, 4.69) is 23.0 Å². The molecule has 0 spiro atoms. The van der Waals surface area contributed by atoms with Gasteiger partial charge in [0.25, 0.3) is 5.91 Å². The smallest absolute Gasteiger partial charge is 0.254 e. The van der Waals surface area contributed by atoms with E-state index < -0.39 is 0 Å². The van der Waals surface area contributed by atoms with Crippen LogP contribution in [0, 0.1) is 0 Å². The van der Waals surface area contributed by atoms with Crippen molar-refractivity contribution >= 4 is 28.6 Å². The fraction of sp³-hybridized carbons (Fsp3) is 0.278. The van der Waals surface area contributed by atoms with Gasteiger partial charge in [0.2, 0.25) is 0 Å². The van der Waals surface area contributed by atoms with Gasteiger partial charge in [-0.25, -0.2) is 4.98 Å². The van der Waals surface area contributed by atoms with Gasteiger partial charge in [-0.3, -0.25) is 9.78 Å². The lowest BCUT2D eigenvalue weighted by atomic mass is 10.1. The number of pyridine rings is 1. The Bertz CT molecular complexity index is 811. The van der Waals surface area contributed by atoms with Gasteiger partial charge in [-0.1, -0.05) is 19.4 Å². The third kappa shape index (κ3) is 3.88. The van der Waals surface area contributed by atoms with Crippen LogP contribution in [0.25, 0.3) is 9.88 Å². The molecular weight excluding hydrogens is 338 g/mol. The van der Waals surface area contributed by atoms with Crippen LogP contribution in [0.5, 0.6) is 0 Å². The number of amides is 1. The first kappa shape index (κ1) is 16.8. The first-order valence-electron chi connectivity index (χ1n) is 7.86. The summed E-state index contributed by atoms with van der Waals surface area (Å²) in [4.78, 5) is 24.4. The zero-order valence-corrected chi connectivity index (χ0v) is 15.4. The second kappa shape index (κ2) is 7.68. The summed E-state index contributed by atoms with van der Waals surface area (Å²) in [5.74, 6) is 0.000395. The van der Waals surface area contributed by atoms with E-state index in [1.165, 1.54) is 4.88 Å². The van der Waals surface area contributed by atoms with Crippen molar-refractivity contribution in [2.45, 2.75) is 26.3 Å². The molecule has 0 aromatic carbocycles. The molecule has 4 nitrogen and oxygen atoms in total. The molecule has 0 fully saturated rings. The van der Waals surface area contributed by atoms with Crippen molar-refractivity contribution in [3.63, 3.8) is 0 Å². The first-order valence-corrected chi connectivity index (χ1v) is 9.62. The molecule has 3 aromatic rings. The number of aryl methyl sites for hydroxylation is 1. The molecule has 6 heteroatoms. The number of thiophene rings is 1. The fourth-order valence-corrected chi connectivity index (χ4v) is 4.06. The predicted octanol–water partition coefficient (Wildman–Crippen LogP) is 4.49. The van der Waals surface area contributed by atoms with Gasteiger partial charge in [0.15, 0.2) is 0 Å². The lowest BCUT2D eigenvalue weighted by Crippen LogP contribution is -2.26. The van der Waals surface area contributed by atoms with Crippen LogP contribution in [0.2, 0.25) is 0 Å². The monoisotopic (exact) mass is 357 g/mol. The standard InChI is InChI=1S/C18H19N3OS2/c1-3-5-14-10-13(7-8-19-14)18(22)21(2)11-15-12-24-17(20-15)16-6-4-9-23-16/h4,6-10,12H,3,5,11H2,1-2H3. The van der Waals surface area contributed by atoms with E-state index in [1.54, 1.807) is 39.8 Å². The quantitative estimate of drug-likeness (QED) is 0.653. The van der Waals surface area contributed by atoms with Crippen LogP contribution in [0.1, 0.15) is 35.1 Å². The molecule has 0 aliphatic carbocycles. The Labute approximate surface area is 149 Å². The molecule has 0 aliphatic rings. The number of thiazole rings is 1. The van der Waals surface area contributed by atoms with Gasteiger partial charge in [0.1, 0.15) is 5.01 Å². The molecule has 0 saturated heterocycles. The Morgan fingerprint density at radius 1 is 1.25 bits per heavy atom. The van der Waals surface area contributed by atoms with Crippen molar-refractivity contribution in [2.24, 2.45) is 0 Å². The number of carbonyl (C=O) groups is 1. The highest BCUT2D eigenvalue weighted by Gasteiger charge is 2.15. The molecule has 0 aliphatic heterocycles. The maximum Gasteiger partial charge on any atom is 0.254 e. The number of rotatable bonds is 6. The molecule has 0 unspecified atom stereocenters. The summed E-state index contributed by atoms with van der Waals surface area (Å²) >= 11 is 3.30. The third-order valence-electron chi connectivity index (χ3n) is 3.60. The average molecular weight is 358 g/mol. The summed E-state index contributed by atoms with van der Waals surface area (Å²) in [6.45, 7) is 2.61. The number of carbonyl (C=O) groups excluding carboxylic acids is 1. The van der Waals surface area contributed by atoms with E-state index in [0.717, 1.165) is 29.2 Å². The Morgan fingerprint density at radius 3 is 2.88 bits per heavy atom. The minimum absolute atomic E-state index is 0.000395. The predicted molar refractivity (Wildman–Crippen MR) is 99.5 cm³/mol. The maximum absolute atomic E-state index is 12.6. The van der Waals surface area contributed by atoms with Gasteiger partial charge >= 0.3 is 0 Å². The second-order valence-corrected chi connectivity index (χ2v) is 7.37. The van der Waals surface area contributed by atoms with Gasteiger partial charge in [-0.05, 0) is 30.0 Å². The van der Waals surface area contributed by atoms with E-state index in [-0.39, 0.29) is 5.91 Å². The molecule has 3 aromatic heterocycles. The van der Waals surface area contributed by atoms with Crippen molar-refractivity contribution in [3.8, 4) is 9.88 Å². The highest BCUT2D eigenvalue weighted by Crippen LogP contribution is 2.28. The lowest BCUT2D eigenvalue weighted by Gasteiger charge is -2.16. The molecule has 0 bridgehead atoms. The van der Waals surface area contributed by atoms with Crippen LogP contribution in [0.15, 0.2) is 41.2 Å². The molecule has 0 saturated carbocycles. The van der Waals surface area contributed by atoms with Crippen LogP contribution in [0.4, 0.5) is 0 Å². The topological polar surface area (TPSA) is 46.1 Å². The lowest BCUT2D eigenvalue weighted by molar-refractivity contribution is 0.0783. The van der Waals surface area contributed by atoms with E-state index in [4.69, 9.17) is 0 Å². The summed E-state index contributed by atoms with van der Waals surface area (Å²) < 4.78 is 0. The van der Waals surface area contributed by atoms with E-state index in [9.17, 15) is 4.79 Å². The van der Waals surface area contributed by atoms with Crippen molar-refractivity contribution in [1.29, 1.82) is 0 Å².